The number of nitrogens with one attached hydrogen (secondary N) is 1. The third kappa shape index (κ3) is 5.03. The predicted molar refractivity (Wildman–Crippen MR) is 75.4 cm³/mol. The van der Waals surface area contributed by atoms with Gasteiger partial charge in [-0.25, -0.2) is 0 Å². The van der Waals surface area contributed by atoms with Crippen LogP contribution in [0.1, 0.15) is 19.4 Å². The molecule has 0 spiro atoms. The van der Waals surface area contributed by atoms with Gasteiger partial charge in [0.25, 0.3) is 0 Å². The van der Waals surface area contributed by atoms with Crippen molar-refractivity contribution in [3.05, 3.63) is 28.2 Å². The molecule has 1 aromatic carbocycles. The summed E-state index contributed by atoms with van der Waals surface area (Å²) in [5.41, 5.74) is -0.164. The Morgan fingerprint density at radius 3 is 2.37 bits per heavy atom. The summed E-state index contributed by atoms with van der Waals surface area (Å²) in [6.07, 6.45) is -4.34. The molecule has 0 heterocycles. The molecule has 19 heavy (non-hydrogen) atoms. The third-order valence-corrected chi connectivity index (χ3v) is 3.61. The first-order chi connectivity index (χ1) is 8.88. The number of halogens is 4. The highest BCUT2D eigenvalue weighted by Gasteiger charge is 2.33. The largest absolute Gasteiger partial charge is 0.417 e. The van der Waals surface area contributed by atoms with Crippen molar-refractivity contribution < 1.29 is 13.2 Å². The average Bonchev–Trinajstić information content (AvgIpc) is 2.35. The van der Waals surface area contributed by atoms with Gasteiger partial charge < -0.3 is 10.2 Å². The summed E-state index contributed by atoms with van der Waals surface area (Å²) in [7, 11) is 0. The van der Waals surface area contributed by atoms with Gasteiger partial charge in [0.05, 0.1) is 5.56 Å². The van der Waals surface area contributed by atoms with Gasteiger partial charge in [-0.15, -0.1) is 0 Å². The van der Waals surface area contributed by atoms with E-state index >= 15 is 0 Å². The molecule has 0 aromatic heterocycles. The van der Waals surface area contributed by atoms with Crippen molar-refractivity contribution in [3.63, 3.8) is 0 Å². The van der Waals surface area contributed by atoms with Crippen molar-refractivity contribution in [1.82, 2.24) is 4.90 Å². The molecular formula is C13H18BrF3N2. The molecule has 0 unspecified atom stereocenters. The molecule has 1 N–H and O–H groups in total. The fourth-order valence-electron chi connectivity index (χ4n) is 1.75. The number of anilines is 1. The summed E-state index contributed by atoms with van der Waals surface area (Å²) in [4.78, 5) is 2.20. The zero-order valence-corrected chi connectivity index (χ0v) is 12.6. The van der Waals surface area contributed by atoms with E-state index < -0.39 is 11.7 Å². The van der Waals surface area contributed by atoms with Gasteiger partial charge in [0.1, 0.15) is 0 Å². The van der Waals surface area contributed by atoms with Crippen LogP contribution in [0.2, 0.25) is 0 Å². The second-order valence-corrected chi connectivity index (χ2v) is 5.00. The number of alkyl halides is 3. The molecule has 0 radical (unpaired) electrons. The van der Waals surface area contributed by atoms with Gasteiger partial charge in [0.2, 0.25) is 0 Å². The molecule has 0 bridgehead atoms. The predicted octanol–water partition coefficient (Wildman–Crippen LogP) is 4.22. The van der Waals surface area contributed by atoms with Gasteiger partial charge in [0, 0.05) is 23.2 Å². The summed E-state index contributed by atoms with van der Waals surface area (Å²) < 4.78 is 38.2. The smallest absolute Gasteiger partial charge is 0.384 e. The Balaban J connectivity index is 2.65. The van der Waals surface area contributed by atoms with Crippen LogP contribution in [0.3, 0.4) is 0 Å². The lowest BCUT2D eigenvalue weighted by atomic mass is 10.2. The zero-order valence-electron chi connectivity index (χ0n) is 11.0. The number of likely N-dealkylation sites (N-methyl/N-ethyl adjacent to an activating group) is 1. The Bertz CT molecular complexity index is 403. The van der Waals surface area contributed by atoms with Gasteiger partial charge in [-0.05, 0) is 31.3 Å². The summed E-state index contributed by atoms with van der Waals surface area (Å²) in [5.74, 6) is 0. The number of rotatable bonds is 6. The van der Waals surface area contributed by atoms with E-state index in [1.165, 1.54) is 6.07 Å². The number of hydrogen-bond acceptors (Lipinski definition) is 2. The number of nitrogens with zero attached hydrogens (tertiary/aromatic N) is 1. The minimum atomic E-state index is -4.34. The highest BCUT2D eigenvalue weighted by Crippen LogP contribution is 2.36. The van der Waals surface area contributed by atoms with Crippen LogP contribution >= 0.6 is 15.9 Å². The molecule has 0 amide bonds. The first kappa shape index (κ1) is 16.3. The number of benzene rings is 1. The summed E-state index contributed by atoms with van der Waals surface area (Å²) in [6.45, 7) is 7.43. The molecule has 0 saturated carbocycles. The van der Waals surface area contributed by atoms with Crippen molar-refractivity contribution in [2.45, 2.75) is 20.0 Å². The fraction of sp³-hybridized carbons (Fsp3) is 0.538. The summed E-state index contributed by atoms with van der Waals surface area (Å²) in [5, 5.41) is 3.02. The first-order valence-corrected chi connectivity index (χ1v) is 7.00. The Kier molecular flexibility index (Phi) is 6.13. The Hall–Kier alpha value is -0.750. The second-order valence-electron chi connectivity index (χ2n) is 4.15. The Labute approximate surface area is 120 Å². The molecule has 2 nitrogen and oxygen atoms in total. The van der Waals surface area contributed by atoms with E-state index in [-0.39, 0.29) is 4.47 Å². The molecule has 0 saturated heterocycles. The second kappa shape index (κ2) is 7.14. The maximum Gasteiger partial charge on any atom is 0.417 e. The topological polar surface area (TPSA) is 15.3 Å². The molecule has 0 aliphatic carbocycles. The van der Waals surface area contributed by atoms with Gasteiger partial charge in [0.15, 0.2) is 0 Å². The number of hydrogen-bond donors (Lipinski definition) is 1. The van der Waals surface area contributed by atoms with E-state index in [1.807, 2.05) is 0 Å². The molecule has 108 valence electrons. The molecule has 0 atom stereocenters. The van der Waals surface area contributed by atoms with Crippen molar-refractivity contribution in [3.8, 4) is 0 Å². The maximum absolute atomic E-state index is 12.7. The van der Waals surface area contributed by atoms with E-state index in [0.717, 1.165) is 25.7 Å². The van der Waals surface area contributed by atoms with Gasteiger partial charge in [-0.1, -0.05) is 29.8 Å². The van der Waals surface area contributed by atoms with Crippen LogP contribution in [0.4, 0.5) is 18.9 Å². The maximum atomic E-state index is 12.7. The summed E-state index contributed by atoms with van der Waals surface area (Å²) in [6, 6.07) is 4.19. The lowest BCUT2D eigenvalue weighted by Crippen LogP contribution is -2.28. The molecule has 0 aliphatic rings. The monoisotopic (exact) mass is 338 g/mol. The minimum absolute atomic E-state index is 0.0642. The fourth-order valence-corrected chi connectivity index (χ4v) is 2.22. The zero-order chi connectivity index (χ0) is 14.5. The third-order valence-electron chi connectivity index (χ3n) is 2.92. The SMILES string of the molecule is CCN(CC)CCNc1ccc(Br)c(C(F)(F)F)c1. The van der Waals surface area contributed by atoms with Crippen molar-refractivity contribution in [1.29, 1.82) is 0 Å². The van der Waals surface area contributed by atoms with Gasteiger partial charge in [-0.2, -0.15) is 13.2 Å². The van der Waals surface area contributed by atoms with E-state index in [4.69, 9.17) is 0 Å². The molecule has 0 aliphatic heterocycles. The normalized spacial score (nSPS) is 11.9. The van der Waals surface area contributed by atoms with E-state index in [0.29, 0.717) is 12.2 Å². The van der Waals surface area contributed by atoms with Crippen molar-refractivity contribution in [2.24, 2.45) is 0 Å². The van der Waals surface area contributed by atoms with Crippen LogP contribution in [-0.4, -0.2) is 31.1 Å². The molecule has 0 fully saturated rings. The lowest BCUT2D eigenvalue weighted by molar-refractivity contribution is -0.138. The van der Waals surface area contributed by atoms with Crippen LogP contribution in [0.25, 0.3) is 0 Å². The van der Waals surface area contributed by atoms with Crippen molar-refractivity contribution >= 4 is 21.6 Å². The molecular weight excluding hydrogens is 321 g/mol. The molecule has 1 aromatic rings. The Morgan fingerprint density at radius 2 is 1.84 bits per heavy atom. The highest BCUT2D eigenvalue weighted by atomic mass is 79.9. The van der Waals surface area contributed by atoms with E-state index in [9.17, 15) is 13.2 Å². The van der Waals surface area contributed by atoms with Crippen LogP contribution in [0.5, 0.6) is 0 Å². The van der Waals surface area contributed by atoms with Crippen LogP contribution < -0.4 is 5.32 Å². The Morgan fingerprint density at radius 1 is 1.21 bits per heavy atom. The minimum Gasteiger partial charge on any atom is -0.384 e. The van der Waals surface area contributed by atoms with Crippen molar-refractivity contribution in [2.75, 3.05) is 31.5 Å². The van der Waals surface area contributed by atoms with Crippen LogP contribution in [0, 0.1) is 0 Å². The molecule has 6 heteroatoms. The lowest BCUT2D eigenvalue weighted by Gasteiger charge is -2.19. The standard InChI is InChI=1S/C13H18BrF3N2/c1-3-19(4-2)8-7-18-10-5-6-12(14)11(9-10)13(15,16)17/h5-6,9,18H,3-4,7-8H2,1-2H3. The van der Waals surface area contributed by atoms with Gasteiger partial charge in [-0.3, -0.25) is 0 Å². The first-order valence-electron chi connectivity index (χ1n) is 6.21. The van der Waals surface area contributed by atoms with E-state index in [2.05, 4.69) is 40.0 Å². The highest BCUT2D eigenvalue weighted by molar-refractivity contribution is 9.10. The summed E-state index contributed by atoms with van der Waals surface area (Å²) >= 11 is 2.92. The average molecular weight is 339 g/mol. The quantitative estimate of drug-likeness (QED) is 0.835. The van der Waals surface area contributed by atoms with Crippen LogP contribution in [0.15, 0.2) is 22.7 Å². The van der Waals surface area contributed by atoms with E-state index in [1.54, 1.807) is 6.07 Å². The molecule has 1 rings (SSSR count). The van der Waals surface area contributed by atoms with Crippen LogP contribution in [-0.2, 0) is 6.18 Å². The van der Waals surface area contributed by atoms with Gasteiger partial charge >= 0.3 is 6.18 Å².